The van der Waals surface area contributed by atoms with Crippen LogP contribution in [0.15, 0.2) is 29.1 Å². The maximum Gasteiger partial charge on any atom is 0.274 e. The fraction of sp³-hybridized carbons (Fsp3) is 0.550. The molecule has 1 aliphatic heterocycles. The molecule has 1 aromatic heterocycles. The molecule has 10 heteroatoms. The number of ether oxygens (including phenoxy) is 1. The number of nitrogens with one attached hydrogen (secondary N) is 1. The first-order chi connectivity index (χ1) is 14.1. The van der Waals surface area contributed by atoms with Crippen LogP contribution in [0, 0.1) is 0 Å². The van der Waals surface area contributed by atoms with Crippen LogP contribution in [-0.2, 0) is 14.8 Å². The smallest absolute Gasteiger partial charge is 0.274 e. The van der Waals surface area contributed by atoms with Crippen molar-refractivity contribution >= 4 is 26.7 Å². The van der Waals surface area contributed by atoms with Gasteiger partial charge in [0.25, 0.3) is 11.5 Å². The van der Waals surface area contributed by atoms with Crippen molar-refractivity contribution in [2.45, 2.75) is 45.9 Å². The van der Waals surface area contributed by atoms with E-state index in [2.05, 4.69) is 10.4 Å². The lowest BCUT2D eigenvalue weighted by Crippen LogP contribution is -2.49. The van der Waals surface area contributed by atoms with Gasteiger partial charge in [0, 0.05) is 25.0 Å². The molecule has 1 saturated heterocycles. The van der Waals surface area contributed by atoms with Gasteiger partial charge in [0.1, 0.15) is 0 Å². The van der Waals surface area contributed by atoms with Crippen molar-refractivity contribution in [1.82, 2.24) is 19.4 Å². The van der Waals surface area contributed by atoms with Crippen molar-refractivity contribution in [3.05, 3.63) is 40.3 Å². The number of aromatic nitrogens is 2. The van der Waals surface area contributed by atoms with Gasteiger partial charge in [-0.1, -0.05) is 18.2 Å². The van der Waals surface area contributed by atoms with Crippen LogP contribution < -0.4 is 10.9 Å². The van der Waals surface area contributed by atoms with Gasteiger partial charge in [-0.15, -0.1) is 0 Å². The van der Waals surface area contributed by atoms with Crippen LogP contribution in [0.2, 0.25) is 0 Å². The predicted molar refractivity (Wildman–Crippen MR) is 114 cm³/mol. The number of morpholine rings is 1. The average Bonchev–Trinajstić information content (AvgIpc) is 2.67. The topological polar surface area (TPSA) is 111 Å². The van der Waals surface area contributed by atoms with Gasteiger partial charge in [-0.05, 0) is 33.8 Å². The Hall–Kier alpha value is -2.30. The molecule has 1 N–H and O–H groups in total. The normalized spacial score (nSPS) is 20.6. The zero-order chi connectivity index (χ0) is 22.1. The molecule has 0 bridgehead atoms. The van der Waals surface area contributed by atoms with Gasteiger partial charge < -0.3 is 10.1 Å². The maximum absolute atomic E-state index is 12.8. The fourth-order valence-corrected chi connectivity index (χ4v) is 5.08. The summed E-state index contributed by atoms with van der Waals surface area (Å²) in [6.45, 7) is 7.82. The lowest BCUT2D eigenvalue weighted by Gasteiger charge is -2.34. The Kier molecular flexibility index (Phi) is 6.59. The van der Waals surface area contributed by atoms with Gasteiger partial charge >= 0.3 is 0 Å². The monoisotopic (exact) mass is 436 g/mol. The van der Waals surface area contributed by atoms with Crippen molar-refractivity contribution in [1.29, 1.82) is 0 Å². The summed E-state index contributed by atoms with van der Waals surface area (Å²) in [5, 5.41) is 7.72. The molecule has 164 valence electrons. The molecule has 3 rings (SSSR count). The Morgan fingerprint density at radius 3 is 2.40 bits per heavy atom. The molecular formula is C20H28N4O5S. The molecule has 30 heavy (non-hydrogen) atoms. The largest absolute Gasteiger partial charge is 0.373 e. The molecule has 1 aliphatic rings. The third-order valence-electron chi connectivity index (χ3n) is 4.96. The molecular weight excluding hydrogens is 408 g/mol. The zero-order valence-electron chi connectivity index (χ0n) is 17.7. The molecule has 0 radical (unpaired) electrons. The Morgan fingerprint density at radius 2 is 1.80 bits per heavy atom. The van der Waals surface area contributed by atoms with Crippen LogP contribution in [0.5, 0.6) is 0 Å². The Morgan fingerprint density at radius 1 is 1.20 bits per heavy atom. The number of hydrogen-bond acceptors (Lipinski definition) is 6. The third-order valence-corrected chi connectivity index (χ3v) is 6.76. The molecule has 1 fully saturated rings. The molecule has 2 unspecified atom stereocenters. The summed E-state index contributed by atoms with van der Waals surface area (Å²) in [7, 11) is -3.53. The predicted octanol–water partition coefficient (Wildman–Crippen LogP) is 1.15. The Labute approximate surface area is 176 Å². The van der Waals surface area contributed by atoms with Gasteiger partial charge in [-0.2, -0.15) is 9.40 Å². The number of nitrogens with zero attached hydrogens (tertiary/aromatic N) is 3. The van der Waals surface area contributed by atoms with E-state index in [9.17, 15) is 18.0 Å². The van der Waals surface area contributed by atoms with Crippen LogP contribution in [0.3, 0.4) is 0 Å². The summed E-state index contributed by atoms with van der Waals surface area (Å²) in [6.07, 6.45) is -0.350. The standard InChI is InChI=1S/C20H28N4O5S/c1-13(2)24-20(26)17-8-6-5-7-16(17)18(22-24)19(25)21-9-10-30(27,28)23-11-14(3)29-15(4)12-23/h5-8,13-15H,9-12H2,1-4H3,(H,21,25). The van der Waals surface area contributed by atoms with Gasteiger partial charge in [-0.25, -0.2) is 13.1 Å². The summed E-state index contributed by atoms with van der Waals surface area (Å²) in [4.78, 5) is 25.4. The van der Waals surface area contributed by atoms with E-state index in [1.807, 2.05) is 27.7 Å². The number of carbonyl (C=O) groups excluding carboxylic acids is 1. The second kappa shape index (κ2) is 8.83. The summed E-state index contributed by atoms with van der Waals surface area (Å²) in [6, 6.07) is 6.55. The fourth-order valence-electron chi connectivity index (χ4n) is 3.59. The Balaban J connectivity index is 1.76. The summed E-state index contributed by atoms with van der Waals surface area (Å²) in [5.74, 6) is -0.737. The number of sulfonamides is 1. The van der Waals surface area contributed by atoms with E-state index < -0.39 is 15.9 Å². The number of fused-ring (bicyclic) bond motifs is 1. The summed E-state index contributed by atoms with van der Waals surface area (Å²) in [5.41, 5.74) is -0.166. The maximum atomic E-state index is 12.8. The first-order valence-electron chi connectivity index (χ1n) is 10.0. The molecule has 1 amide bonds. The van der Waals surface area contributed by atoms with E-state index in [1.54, 1.807) is 24.3 Å². The van der Waals surface area contributed by atoms with Crippen LogP contribution in [0.4, 0.5) is 0 Å². The highest BCUT2D eigenvalue weighted by Gasteiger charge is 2.30. The lowest BCUT2D eigenvalue weighted by molar-refractivity contribution is -0.0440. The molecule has 9 nitrogen and oxygen atoms in total. The minimum atomic E-state index is -3.53. The van der Waals surface area contributed by atoms with E-state index in [0.29, 0.717) is 23.9 Å². The van der Waals surface area contributed by atoms with Crippen molar-refractivity contribution in [2.24, 2.45) is 0 Å². The highest BCUT2D eigenvalue weighted by Crippen LogP contribution is 2.16. The van der Waals surface area contributed by atoms with E-state index in [0.717, 1.165) is 0 Å². The molecule has 2 heterocycles. The van der Waals surface area contributed by atoms with Crippen molar-refractivity contribution in [3.8, 4) is 0 Å². The van der Waals surface area contributed by atoms with E-state index in [-0.39, 0.29) is 41.8 Å². The molecule has 2 aromatic rings. The van der Waals surface area contributed by atoms with Gasteiger partial charge in [0.05, 0.1) is 29.4 Å². The summed E-state index contributed by atoms with van der Waals surface area (Å²) < 4.78 is 33.6. The zero-order valence-corrected chi connectivity index (χ0v) is 18.5. The molecule has 0 spiro atoms. The number of benzene rings is 1. The van der Waals surface area contributed by atoms with Crippen molar-refractivity contribution in [3.63, 3.8) is 0 Å². The van der Waals surface area contributed by atoms with E-state index in [4.69, 9.17) is 4.74 Å². The molecule has 1 aromatic carbocycles. The Bertz CT molecular complexity index is 1090. The average molecular weight is 437 g/mol. The minimum absolute atomic E-state index is 0.0574. The minimum Gasteiger partial charge on any atom is -0.373 e. The van der Waals surface area contributed by atoms with E-state index >= 15 is 0 Å². The quantitative estimate of drug-likeness (QED) is 0.727. The third kappa shape index (κ3) is 4.71. The van der Waals surface area contributed by atoms with Crippen molar-refractivity contribution < 1.29 is 17.9 Å². The van der Waals surface area contributed by atoms with Gasteiger partial charge in [0.15, 0.2) is 5.69 Å². The second-order valence-corrected chi connectivity index (χ2v) is 9.97. The lowest BCUT2D eigenvalue weighted by atomic mass is 10.1. The highest BCUT2D eigenvalue weighted by molar-refractivity contribution is 7.89. The van der Waals surface area contributed by atoms with Gasteiger partial charge in [0.2, 0.25) is 10.0 Å². The SMILES string of the molecule is CC1CN(S(=O)(=O)CCNC(=O)c2nn(C(C)C)c(=O)c3ccccc23)CC(C)O1. The first kappa shape index (κ1) is 22.4. The van der Waals surface area contributed by atoms with Crippen molar-refractivity contribution in [2.75, 3.05) is 25.4 Å². The molecule has 2 atom stereocenters. The van der Waals surface area contributed by atoms with Gasteiger partial charge in [-0.3, -0.25) is 9.59 Å². The van der Waals surface area contributed by atoms with Crippen LogP contribution in [0.1, 0.15) is 44.2 Å². The summed E-state index contributed by atoms with van der Waals surface area (Å²) >= 11 is 0. The van der Waals surface area contributed by atoms with E-state index in [1.165, 1.54) is 8.99 Å². The van der Waals surface area contributed by atoms with Crippen LogP contribution >= 0.6 is 0 Å². The number of rotatable bonds is 6. The van der Waals surface area contributed by atoms with Crippen LogP contribution in [-0.4, -0.2) is 66.0 Å². The number of carbonyl (C=O) groups is 1. The molecule has 0 aliphatic carbocycles. The first-order valence-corrected chi connectivity index (χ1v) is 11.6. The number of amides is 1. The second-order valence-electron chi connectivity index (χ2n) is 7.88. The number of hydrogen-bond donors (Lipinski definition) is 1. The molecule has 0 saturated carbocycles. The highest BCUT2D eigenvalue weighted by atomic mass is 32.2. The van der Waals surface area contributed by atoms with Crippen LogP contribution in [0.25, 0.3) is 10.8 Å².